The zero-order chi connectivity index (χ0) is 19.3. The van der Waals surface area contributed by atoms with Gasteiger partial charge in [0.25, 0.3) is 0 Å². The molecule has 0 radical (unpaired) electrons. The number of thioether (sulfide) groups is 1. The number of halogens is 1. The second kappa shape index (κ2) is 7.06. The van der Waals surface area contributed by atoms with E-state index in [-0.39, 0.29) is 23.8 Å². The van der Waals surface area contributed by atoms with Gasteiger partial charge in [-0.1, -0.05) is 23.4 Å². The van der Waals surface area contributed by atoms with E-state index in [1.165, 1.54) is 50.3 Å². The molecule has 5 fully saturated rings. The molecule has 7 heteroatoms. The Morgan fingerprint density at radius 2 is 1.75 bits per heavy atom. The van der Waals surface area contributed by atoms with Crippen molar-refractivity contribution >= 4 is 46.0 Å². The normalized spacial score (nSPS) is 37.3. The number of benzene rings is 1. The molecule has 4 aliphatic carbocycles. The number of carbonyl (C=O) groups is 2. The van der Waals surface area contributed by atoms with E-state index in [2.05, 4.69) is 10.6 Å². The first-order valence-electron chi connectivity index (χ1n) is 10.1. The molecule has 1 saturated heterocycles. The van der Waals surface area contributed by atoms with Gasteiger partial charge >= 0.3 is 0 Å². The van der Waals surface area contributed by atoms with Crippen LogP contribution in [0.5, 0.6) is 0 Å². The van der Waals surface area contributed by atoms with E-state index < -0.39 is 5.25 Å². The molecule has 1 heterocycles. The Labute approximate surface area is 174 Å². The maximum atomic E-state index is 12.4. The summed E-state index contributed by atoms with van der Waals surface area (Å²) < 4.78 is 0. The summed E-state index contributed by atoms with van der Waals surface area (Å²) in [7, 11) is 0. The number of anilines is 1. The summed E-state index contributed by atoms with van der Waals surface area (Å²) in [6, 6.07) is 6.96. The second-order valence-electron chi connectivity index (χ2n) is 8.91. The van der Waals surface area contributed by atoms with E-state index in [4.69, 9.17) is 16.6 Å². The fraction of sp³-hybridized carbons (Fsp3) is 0.571. The van der Waals surface area contributed by atoms with Crippen LogP contribution in [0.15, 0.2) is 29.3 Å². The largest absolute Gasteiger partial charge is 0.326 e. The van der Waals surface area contributed by atoms with Gasteiger partial charge in [0.1, 0.15) is 5.25 Å². The van der Waals surface area contributed by atoms with E-state index in [1.54, 1.807) is 24.3 Å². The van der Waals surface area contributed by atoms with Crippen LogP contribution in [0.25, 0.3) is 0 Å². The van der Waals surface area contributed by atoms with Crippen LogP contribution in [0.4, 0.5) is 5.69 Å². The van der Waals surface area contributed by atoms with Crippen molar-refractivity contribution in [1.82, 2.24) is 5.32 Å². The molecule has 0 aromatic heterocycles. The molecular weight excluding hydrogens is 394 g/mol. The lowest BCUT2D eigenvalue weighted by molar-refractivity contribution is -0.122. The Morgan fingerprint density at radius 1 is 1.14 bits per heavy atom. The van der Waals surface area contributed by atoms with Gasteiger partial charge in [0, 0.05) is 17.1 Å². The Kier molecular flexibility index (Phi) is 4.67. The van der Waals surface area contributed by atoms with E-state index in [9.17, 15) is 9.59 Å². The Morgan fingerprint density at radius 3 is 2.36 bits per heavy atom. The Balaban J connectivity index is 1.23. The van der Waals surface area contributed by atoms with Gasteiger partial charge in [0.2, 0.25) is 11.8 Å². The van der Waals surface area contributed by atoms with Crippen molar-refractivity contribution in [2.24, 2.45) is 22.7 Å². The molecule has 0 spiro atoms. The average Bonchev–Trinajstić information content (AvgIpc) is 2.94. The molecule has 1 aromatic rings. The van der Waals surface area contributed by atoms with Crippen LogP contribution in [0.1, 0.15) is 44.9 Å². The van der Waals surface area contributed by atoms with Crippen LogP contribution in [-0.2, 0) is 9.59 Å². The number of aliphatic imine (C=N–C) groups is 1. The third-order valence-corrected chi connectivity index (χ3v) is 7.95. The first kappa shape index (κ1) is 18.5. The molecule has 5 aliphatic rings. The predicted molar refractivity (Wildman–Crippen MR) is 113 cm³/mol. The van der Waals surface area contributed by atoms with Crippen LogP contribution in [-0.4, -0.2) is 27.8 Å². The number of amidine groups is 1. The van der Waals surface area contributed by atoms with Gasteiger partial charge in [-0.25, -0.2) is 0 Å². The molecule has 5 nitrogen and oxygen atoms in total. The number of carbonyl (C=O) groups excluding carboxylic acids is 2. The SMILES string of the molecule is O=C(CC1SC(=NC23CC4CC(CC(C4)C2)C3)NC1=O)Nc1ccc(Cl)cc1. The van der Waals surface area contributed by atoms with Crippen LogP contribution >= 0.6 is 23.4 Å². The highest BCUT2D eigenvalue weighted by molar-refractivity contribution is 8.15. The summed E-state index contributed by atoms with van der Waals surface area (Å²) >= 11 is 7.28. The molecule has 6 rings (SSSR count). The van der Waals surface area contributed by atoms with Gasteiger partial charge in [0.15, 0.2) is 5.17 Å². The highest BCUT2D eigenvalue weighted by atomic mass is 35.5. The van der Waals surface area contributed by atoms with Gasteiger partial charge in [-0.2, -0.15) is 0 Å². The topological polar surface area (TPSA) is 70.6 Å². The maximum Gasteiger partial charge on any atom is 0.240 e. The average molecular weight is 418 g/mol. The van der Waals surface area contributed by atoms with Crippen molar-refractivity contribution in [2.45, 2.75) is 55.7 Å². The molecule has 2 amide bonds. The van der Waals surface area contributed by atoms with Crippen LogP contribution in [0.3, 0.4) is 0 Å². The molecule has 2 N–H and O–H groups in total. The van der Waals surface area contributed by atoms with E-state index in [0.717, 1.165) is 22.9 Å². The van der Waals surface area contributed by atoms with E-state index >= 15 is 0 Å². The summed E-state index contributed by atoms with van der Waals surface area (Å²) in [6.07, 6.45) is 7.76. The first-order chi connectivity index (χ1) is 13.5. The number of hydrogen-bond donors (Lipinski definition) is 2. The quantitative estimate of drug-likeness (QED) is 0.770. The van der Waals surface area contributed by atoms with Crippen LogP contribution in [0, 0.1) is 17.8 Å². The maximum absolute atomic E-state index is 12.4. The summed E-state index contributed by atoms with van der Waals surface area (Å²) in [5.74, 6) is 2.17. The number of nitrogens with one attached hydrogen (secondary N) is 2. The monoisotopic (exact) mass is 417 g/mol. The van der Waals surface area contributed by atoms with Gasteiger partial charge < -0.3 is 10.6 Å². The van der Waals surface area contributed by atoms with Crippen molar-refractivity contribution in [3.05, 3.63) is 29.3 Å². The molecule has 1 aromatic carbocycles. The molecule has 1 atom stereocenters. The summed E-state index contributed by atoms with van der Waals surface area (Å²) in [5, 5.41) is 6.68. The highest BCUT2D eigenvalue weighted by Gasteiger charge is 2.51. The molecule has 148 valence electrons. The van der Waals surface area contributed by atoms with Crippen molar-refractivity contribution in [2.75, 3.05) is 5.32 Å². The van der Waals surface area contributed by atoms with Crippen molar-refractivity contribution in [3.63, 3.8) is 0 Å². The third-order valence-electron chi connectivity index (χ3n) is 6.62. The van der Waals surface area contributed by atoms with Gasteiger partial charge in [-0.3, -0.25) is 14.6 Å². The molecule has 1 aliphatic heterocycles. The fourth-order valence-electron chi connectivity index (χ4n) is 5.92. The Bertz CT molecular complexity index is 803. The predicted octanol–water partition coefficient (Wildman–Crippen LogP) is 4.23. The minimum Gasteiger partial charge on any atom is -0.326 e. The van der Waals surface area contributed by atoms with Gasteiger partial charge in [-0.05, 0) is 80.5 Å². The summed E-state index contributed by atoms with van der Waals surface area (Å²) in [6.45, 7) is 0. The lowest BCUT2D eigenvalue weighted by atomic mass is 9.53. The summed E-state index contributed by atoms with van der Waals surface area (Å²) in [5.41, 5.74) is 0.713. The Hall–Kier alpha value is -1.53. The zero-order valence-corrected chi connectivity index (χ0v) is 17.2. The van der Waals surface area contributed by atoms with Crippen molar-refractivity contribution in [3.8, 4) is 0 Å². The first-order valence-corrected chi connectivity index (χ1v) is 11.3. The molecule has 4 saturated carbocycles. The highest BCUT2D eigenvalue weighted by Crippen LogP contribution is 2.57. The van der Waals surface area contributed by atoms with Crippen molar-refractivity contribution < 1.29 is 9.59 Å². The smallest absolute Gasteiger partial charge is 0.240 e. The second-order valence-corrected chi connectivity index (χ2v) is 10.5. The number of rotatable bonds is 4. The molecular formula is C21H24ClN3O2S. The molecule has 28 heavy (non-hydrogen) atoms. The van der Waals surface area contributed by atoms with Gasteiger partial charge in [0.05, 0.1) is 5.54 Å². The minimum absolute atomic E-state index is 0.0326. The number of hydrogen-bond acceptors (Lipinski definition) is 4. The molecule has 4 bridgehead atoms. The zero-order valence-electron chi connectivity index (χ0n) is 15.6. The van der Waals surface area contributed by atoms with E-state index in [0.29, 0.717) is 10.7 Å². The lowest BCUT2D eigenvalue weighted by Gasteiger charge is -2.55. The lowest BCUT2D eigenvalue weighted by Crippen LogP contribution is -2.50. The summed E-state index contributed by atoms with van der Waals surface area (Å²) in [4.78, 5) is 29.8. The minimum atomic E-state index is -0.417. The van der Waals surface area contributed by atoms with Gasteiger partial charge in [-0.15, -0.1) is 0 Å². The third kappa shape index (κ3) is 3.69. The fourth-order valence-corrected chi connectivity index (χ4v) is 7.13. The van der Waals surface area contributed by atoms with Crippen LogP contribution < -0.4 is 10.6 Å². The van der Waals surface area contributed by atoms with E-state index in [1.807, 2.05) is 0 Å². The number of amides is 2. The standard InChI is InChI=1S/C21H24ClN3O2S/c22-15-1-3-16(4-2-15)23-18(26)8-17-19(27)24-20(28-17)25-21-9-12-5-13(10-21)7-14(6-12)11-21/h1-4,12-14,17H,5-11H2,(H,23,26)(H,24,25,27). The molecule has 1 unspecified atom stereocenters. The van der Waals surface area contributed by atoms with Crippen molar-refractivity contribution in [1.29, 1.82) is 0 Å². The number of nitrogens with zero attached hydrogens (tertiary/aromatic N) is 1. The van der Waals surface area contributed by atoms with Crippen LogP contribution in [0.2, 0.25) is 5.02 Å².